The zero-order valence-corrected chi connectivity index (χ0v) is 19.5. The molecule has 0 unspecified atom stereocenters. The average Bonchev–Trinajstić information content (AvgIpc) is 2.84. The second kappa shape index (κ2) is 9.63. The number of anilines is 2. The highest BCUT2D eigenvalue weighted by atomic mass is 16.1. The molecule has 0 aliphatic heterocycles. The number of hydrogen-bond donors (Lipinski definition) is 4. The van der Waals surface area contributed by atoms with Crippen LogP contribution in [-0.4, -0.2) is 32.4 Å². The Kier molecular flexibility index (Phi) is 6.06. The van der Waals surface area contributed by atoms with Crippen LogP contribution in [0.3, 0.4) is 0 Å². The van der Waals surface area contributed by atoms with Crippen molar-refractivity contribution in [1.29, 1.82) is 0 Å². The summed E-state index contributed by atoms with van der Waals surface area (Å²) in [6, 6.07) is 18.7. The first-order chi connectivity index (χ1) is 17.5. The van der Waals surface area contributed by atoms with Gasteiger partial charge in [-0.15, -0.1) is 0 Å². The van der Waals surface area contributed by atoms with Crippen LogP contribution in [-0.2, 0) is 0 Å². The van der Waals surface area contributed by atoms with Crippen molar-refractivity contribution >= 4 is 45.9 Å². The average molecular weight is 479 g/mol. The molecule has 178 valence electrons. The number of nitrogens with one attached hydrogen (secondary N) is 4. The van der Waals surface area contributed by atoms with Crippen LogP contribution in [0.25, 0.3) is 21.5 Å². The molecule has 0 saturated heterocycles. The number of benzene rings is 3. The number of H-pyrrole nitrogens is 2. The van der Waals surface area contributed by atoms with Gasteiger partial charge in [-0.1, -0.05) is 48.5 Å². The highest BCUT2D eigenvalue weighted by molar-refractivity contribution is 6.21. The van der Waals surface area contributed by atoms with E-state index in [4.69, 9.17) is 0 Å². The number of fused-ring (bicyclic) bond motifs is 2. The number of rotatable bonds is 6. The third-order valence-electron chi connectivity index (χ3n) is 5.48. The molecule has 3 aromatic carbocycles. The van der Waals surface area contributed by atoms with Crippen molar-refractivity contribution in [3.63, 3.8) is 0 Å². The molecular formula is C26H22N8O2. The lowest BCUT2D eigenvalue weighted by molar-refractivity contribution is 1.04. The van der Waals surface area contributed by atoms with Crippen LogP contribution in [0.5, 0.6) is 0 Å². The minimum atomic E-state index is -0.252. The van der Waals surface area contributed by atoms with Crippen molar-refractivity contribution in [2.45, 2.75) is 13.8 Å². The molecule has 5 rings (SSSR count). The van der Waals surface area contributed by atoms with Gasteiger partial charge in [0.2, 0.25) is 11.9 Å². The maximum absolute atomic E-state index is 11.7. The van der Waals surface area contributed by atoms with Gasteiger partial charge < -0.3 is 0 Å². The molecule has 4 N–H and O–H groups in total. The Bertz CT molecular complexity index is 1580. The molecule has 10 nitrogen and oxygen atoms in total. The van der Waals surface area contributed by atoms with E-state index < -0.39 is 0 Å². The summed E-state index contributed by atoms with van der Waals surface area (Å²) in [7, 11) is 0. The van der Waals surface area contributed by atoms with Crippen molar-refractivity contribution in [2.24, 2.45) is 10.2 Å². The van der Waals surface area contributed by atoms with Gasteiger partial charge in [0.1, 0.15) is 0 Å². The van der Waals surface area contributed by atoms with Crippen LogP contribution in [0.4, 0.5) is 11.9 Å². The first-order valence-electron chi connectivity index (χ1n) is 11.2. The number of aromatic nitrogens is 4. The number of aromatic amines is 2. The highest BCUT2D eigenvalue weighted by Gasteiger charge is 2.11. The maximum atomic E-state index is 11.7. The summed E-state index contributed by atoms with van der Waals surface area (Å²) >= 11 is 0. The first-order valence-corrected chi connectivity index (χ1v) is 11.2. The molecule has 0 spiro atoms. The predicted molar refractivity (Wildman–Crippen MR) is 143 cm³/mol. The molecule has 10 heteroatoms. The lowest BCUT2D eigenvalue weighted by Gasteiger charge is -2.12. The van der Waals surface area contributed by atoms with Gasteiger partial charge in [-0.05, 0) is 35.4 Å². The Labute approximate surface area is 204 Å². The summed E-state index contributed by atoms with van der Waals surface area (Å²) in [6.07, 6.45) is 3.43. The van der Waals surface area contributed by atoms with E-state index >= 15 is 0 Å². The summed E-state index contributed by atoms with van der Waals surface area (Å²) in [6.45, 7) is 3.49. The van der Waals surface area contributed by atoms with E-state index in [1.807, 2.05) is 48.5 Å². The first kappa shape index (κ1) is 22.7. The third kappa shape index (κ3) is 4.73. The molecule has 0 fully saturated rings. The van der Waals surface area contributed by atoms with Gasteiger partial charge in [-0.2, -0.15) is 10.2 Å². The SMILES string of the molecule is Cc1cc(=O)[nH]c(N/N=C/c2c3ccccc3c(/C=N/Nc3nc(C)cc(=O)[nH]3)c3ccccc23)n1. The maximum Gasteiger partial charge on any atom is 0.252 e. The van der Waals surface area contributed by atoms with Crippen LogP contribution in [0.15, 0.2) is 80.5 Å². The van der Waals surface area contributed by atoms with Crippen LogP contribution >= 0.6 is 0 Å². The zero-order valence-electron chi connectivity index (χ0n) is 19.5. The molecule has 36 heavy (non-hydrogen) atoms. The van der Waals surface area contributed by atoms with E-state index in [1.165, 1.54) is 12.1 Å². The summed E-state index contributed by atoms with van der Waals surface area (Å²) in [4.78, 5) is 37.2. The van der Waals surface area contributed by atoms with E-state index in [0.29, 0.717) is 11.4 Å². The molecule has 2 aromatic heterocycles. The fourth-order valence-corrected chi connectivity index (χ4v) is 4.05. The molecule has 2 heterocycles. The molecule has 0 radical (unpaired) electrons. The van der Waals surface area contributed by atoms with Gasteiger partial charge in [0.05, 0.1) is 12.4 Å². The predicted octanol–water partition coefficient (Wildman–Crippen LogP) is 3.67. The lowest BCUT2D eigenvalue weighted by atomic mass is 9.92. The van der Waals surface area contributed by atoms with Gasteiger partial charge in [0.15, 0.2) is 0 Å². The quantitative estimate of drug-likeness (QED) is 0.167. The molecule has 5 aromatic rings. The van der Waals surface area contributed by atoms with E-state index in [0.717, 1.165) is 32.7 Å². The van der Waals surface area contributed by atoms with Crippen molar-refractivity contribution in [2.75, 3.05) is 10.9 Å². The van der Waals surface area contributed by atoms with Gasteiger partial charge in [0.25, 0.3) is 11.1 Å². The molecule has 0 aliphatic rings. The molecule has 0 atom stereocenters. The third-order valence-corrected chi connectivity index (χ3v) is 5.48. The van der Waals surface area contributed by atoms with Crippen LogP contribution in [0, 0.1) is 13.8 Å². The second-order valence-corrected chi connectivity index (χ2v) is 8.13. The van der Waals surface area contributed by atoms with Gasteiger partial charge in [-0.25, -0.2) is 20.8 Å². The van der Waals surface area contributed by atoms with Crippen molar-refractivity contribution in [3.8, 4) is 0 Å². The van der Waals surface area contributed by atoms with Gasteiger partial charge in [-0.3, -0.25) is 19.6 Å². The molecule has 0 bridgehead atoms. The minimum absolute atomic E-state index is 0.252. The Hall–Kier alpha value is -5.12. The zero-order chi connectivity index (χ0) is 25.1. The number of aryl methyl sites for hydroxylation is 2. The molecule has 0 aliphatic carbocycles. The molecular weight excluding hydrogens is 456 g/mol. The van der Waals surface area contributed by atoms with Crippen LogP contribution in [0.1, 0.15) is 22.5 Å². The Morgan fingerprint density at radius 3 is 1.36 bits per heavy atom. The van der Waals surface area contributed by atoms with E-state index in [-0.39, 0.29) is 23.0 Å². The van der Waals surface area contributed by atoms with Crippen molar-refractivity contribution in [3.05, 3.63) is 104 Å². The Balaban J connectivity index is 1.57. The largest absolute Gasteiger partial charge is 0.291 e. The standard InChI is InChI=1S/C26H22N8O2/c1-15-11-23(35)31-25(29-15)33-27-13-21-17-7-3-5-9-19(17)22(20-10-6-4-8-18(20)21)14-28-34-26-30-16(2)12-24(36)32-26/h3-14H,1-2H3,(H2,29,31,33,35)(H2,30,32,34,36)/b27-13+,28-14+. The molecule has 0 saturated carbocycles. The van der Waals surface area contributed by atoms with Crippen molar-refractivity contribution in [1.82, 2.24) is 19.9 Å². The van der Waals surface area contributed by atoms with Gasteiger partial charge in [0, 0.05) is 34.6 Å². The fraction of sp³-hybridized carbons (Fsp3) is 0.0769. The number of nitrogens with zero attached hydrogens (tertiary/aromatic N) is 4. The molecule has 0 amide bonds. The highest BCUT2D eigenvalue weighted by Crippen LogP contribution is 2.31. The van der Waals surface area contributed by atoms with Crippen LogP contribution < -0.4 is 22.0 Å². The topological polar surface area (TPSA) is 140 Å². The van der Waals surface area contributed by atoms with E-state index in [2.05, 4.69) is 41.0 Å². The minimum Gasteiger partial charge on any atom is -0.291 e. The Morgan fingerprint density at radius 2 is 1.03 bits per heavy atom. The van der Waals surface area contributed by atoms with Gasteiger partial charge >= 0.3 is 0 Å². The number of hydrogen-bond acceptors (Lipinski definition) is 8. The second-order valence-electron chi connectivity index (χ2n) is 8.13. The fourth-order valence-electron chi connectivity index (χ4n) is 4.05. The number of hydrazone groups is 2. The normalized spacial score (nSPS) is 11.6. The summed E-state index contributed by atoms with van der Waals surface area (Å²) in [5, 5.41) is 12.6. The van der Waals surface area contributed by atoms with Crippen LogP contribution in [0.2, 0.25) is 0 Å². The summed E-state index contributed by atoms with van der Waals surface area (Å²) in [5.74, 6) is 0.532. The summed E-state index contributed by atoms with van der Waals surface area (Å²) in [5.41, 5.74) is 8.11. The smallest absolute Gasteiger partial charge is 0.252 e. The lowest BCUT2D eigenvalue weighted by Crippen LogP contribution is -2.10. The van der Waals surface area contributed by atoms with E-state index in [9.17, 15) is 9.59 Å². The van der Waals surface area contributed by atoms with E-state index in [1.54, 1.807) is 26.3 Å². The van der Waals surface area contributed by atoms with Crippen molar-refractivity contribution < 1.29 is 0 Å². The summed E-state index contributed by atoms with van der Waals surface area (Å²) < 4.78 is 0. The monoisotopic (exact) mass is 478 g/mol. The Morgan fingerprint density at radius 1 is 0.667 bits per heavy atom.